The second-order valence-corrected chi connectivity index (χ2v) is 6.71. The van der Waals surface area contributed by atoms with Crippen LogP contribution in [0.15, 0.2) is 35.5 Å². The number of halogens is 1. The topological polar surface area (TPSA) is 69.5 Å². The average molecular weight is 364 g/mol. The number of aryl methyl sites for hydroxylation is 1. The first-order valence-electron chi connectivity index (χ1n) is 8.52. The molecule has 2 rings (SSSR count). The summed E-state index contributed by atoms with van der Waals surface area (Å²) >= 11 is 1.72. The van der Waals surface area contributed by atoms with Gasteiger partial charge < -0.3 is 15.7 Å². The van der Waals surface area contributed by atoms with Gasteiger partial charge in [0.25, 0.3) is 0 Å². The van der Waals surface area contributed by atoms with Crippen molar-refractivity contribution in [1.82, 2.24) is 15.6 Å². The van der Waals surface area contributed by atoms with Crippen molar-refractivity contribution in [3.8, 4) is 0 Å². The lowest BCUT2D eigenvalue weighted by atomic mass is 10.1. The van der Waals surface area contributed by atoms with Crippen LogP contribution >= 0.6 is 11.3 Å². The smallest absolute Gasteiger partial charge is 0.191 e. The molecule has 0 aliphatic heterocycles. The molecule has 1 unspecified atom stereocenters. The zero-order valence-electron chi connectivity index (χ0n) is 14.6. The molecule has 7 heteroatoms. The lowest BCUT2D eigenvalue weighted by Gasteiger charge is -2.13. The lowest BCUT2D eigenvalue weighted by molar-refractivity contribution is 0.182. The van der Waals surface area contributed by atoms with Crippen LogP contribution in [-0.2, 0) is 12.8 Å². The van der Waals surface area contributed by atoms with E-state index in [0.29, 0.717) is 19.0 Å². The van der Waals surface area contributed by atoms with Crippen molar-refractivity contribution in [2.75, 3.05) is 19.6 Å². The number of nitrogens with zero attached hydrogens (tertiary/aromatic N) is 2. The van der Waals surface area contributed by atoms with Crippen LogP contribution in [0.4, 0.5) is 4.39 Å². The highest BCUT2D eigenvalue weighted by molar-refractivity contribution is 7.11. The molecule has 0 amide bonds. The molecule has 1 heterocycles. The summed E-state index contributed by atoms with van der Waals surface area (Å²) in [6.07, 6.45) is 2.76. The Morgan fingerprint density at radius 2 is 2.12 bits per heavy atom. The van der Waals surface area contributed by atoms with Gasteiger partial charge in [-0.15, -0.1) is 11.3 Å². The first-order valence-corrected chi connectivity index (χ1v) is 9.33. The lowest BCUT2D eigenvalue weighted by Crippen LogP contribution is -2.38. The quantitative estimate of drug-likeness (QED) is 0.498. The first kappa shape index (κ1) is 19.3. The van der Waals surface area contributed by atoms with Crippen molar-refractivity contribution in [1.29, 1.82) is 0 Å². The molecule has 3 N–H and O–H groups in total. The fourth-order valence-electron chi connectivity index (χ4n) is 2.28. The third-order valence-electron chi connectivity index (χ3n) is 3.61. The monoisotopic (exact) mass is 364 g/mol. The van der Waals surface area contributed by atoms with Gasteiger partial charge in [0.2, 0.25) is 0 Å². The molecule has 2 aromatic rings. The Morgan fingerprint density at radius 3 is 2.80 bits per heavy atom. The van der Waals surface area contributed by atoms with Crippen LogP contribution in [0.25, 0.3) is 0 Å². The summed E-state index contributed by atoms with van der Waals surface area (Å²) in [4.78, 5) is 10.0. The predicted octanol–water partition coefficient (Wildman–Crippen LogP) is 2.68. The van der Waals surface area contributed by atoms with Crippen LogP contribution in [0, 0.1) is 5.82 Å². The second-order valence-electron chi connectivity index (χ2n) is 5.51. The summed E-state index contributed by atoms with van der Waals surface area (Å²) < 4.78 is 13.7. The number of benzene rings is 1. The Bertz CT molecular complexity index is 689. The van der Waals surface area contributed by atoms with Gasteiger partial charge in [-0.1, -0.05) is 25.1 Å². The van der Waals surface area contributed by atoms with Gasteiger partial charge in [-0.3, -0.25) is 4.99 Å². The molecule has 0 saturated heterocycles. The van der Waals surface area contributed by atoms with Crippen molar-refractivity contribution in [2.24, 2.45) is 4.99 Å². The highest BCUT2D eigenvalue weighted by Gasteiger charge is 2.12. The van der Waals surface area contributed by atoms with Crippen LogP contribution in [0.3, 0.4) is 0 Å². The standard InChI is InChI=1S/C18H25FN4OS/c1-3-13-11-22-17(25-13)9-10-21-18(20-4-2)23-12-16(24)14-7-5-6-8-15(14)19/h5-8,11,16,24H,3-4,9-10,12H2,1-2H3,(H2,20,21,23). The van der Waals surface area contributed by atoms with Crippen LogP contribution < -0.4 is 10.6 Å². The maximum atomic E-state index is 13.7. The number of nitrogens with one attached hydrogen (secondary N) is 2. The van der Waals surface area contributed by atoms with E-state index in [9.17, 15) is 9.50 Å². The summed E-state index contributed by atoms with van der Waals surface area (Å²) in [5.74, 6) is 0.184. The highest BCUT2D eigenvalue weighted by atomic mass is 32.1. The van der Waals surface area contributed by atoms with Crippen LogP contribution in [0.5, 0.6) is 0 Å². The molecule has 0 aliphatic carbocycles. The average Bonchev–Trinajstić information content (AvgIpc) is 3.08. The molecule has 0 aliphatic rings. The summed E-state index contributed by atoms with van der Waals surface area (Å²) in [5, 5.41) is 17.6. The Balaban J connectivity index is 1.88. The van der Waals surface area contributed by atoms with Crippen molar-refractivity contribution in [3.05, 3.63) is 51.7 Å². The van der Waals surface area contributed by atoms with Crippen molar-refractivity contribution in [2.45, 2.75) is 32.8 Å². The van der Waals surface area contributed by atoms with E-state index >= 15 is 0 Å². The number of thiazole rings is 1. The Kier molecular flexibility index (Phi) is 7.81. The van der Waals surface area contributed by atoms with Crippen molar-refractivity contribution >= 4 is 17.3 Å². The zero-order chi connectivity index (χ0) is 18.1. The number of guanidine groups is 1. The predicted molar refractivity (Wildman–Crippen MR) is 101 cm³/mol. The largest absolute Gasteiger partial charge is 0.386 e. The molecule has 0 spiro atoms. The molecular weight excluding hydrogens is 339 g/mol. The third-order valence-corrected chi connectivity index (χ3v) is 4.81. The van der Waals surface area contributed by atoms with Crippen molar-refractivity contribution in [3.63, 3.8) is 0 Å². The van der Waals surface area contributed by atoms with E-state index in [2.05, 4.69) is 27.5 Å². The highest BCUT2D eigenvalue weighted by Crippen LogP contribution is 2.16. The molecule has 25 heavy (non-hydrogen) atoms. The number of aliphatic imine (C=N–C) groups is 1. The van der Waals surface area contributed by atoms with Gasteiger partial charge in [0.15, 0.2) is 5.96 Å². The molecule has 1 atom stereocenters. The minimum Gasteiger partial charge on any atom is -0.386 e. The number of hydrogen-bond donors (Lipinski definition) is 3. The minimum atomic E-state index is -0.970. The van der Waals surface area contributed by atoms with E-state index in [1.165, 1.54) is 10.9 Å². The van der Waals surface area contributed by atoms with E-state index in [1.807, 2.05) is 13.1 Å². The summed E-state index contributed by atoms with van der Waals surface area (Å²) in [6.45, 7) is 5.58. The van der Waals surface area contributed by atoms with Gasteiger partial charge in [0.1, 0.15) is 11.9 Å². The Labute approximate surface area is 152 Å². The van der Waals surface area contributed by atoms with Crippen LogP contribution in [0.2, 0.25) is 0 Å². The number of aromatic nitrogens is 1. The molecular formula is C18H25FN4OS. The number of aliphatic hydroxyl groups excluding tert-OH is 1. The van der Waals surface area contributed by atoms with E-state index in [-0.39, 0.29) is 12.1 Å². The van der Waals surface area contributed by atoms with Gasteiger partial charge in [-0.2, -0.15) is 0 Å². The van der Waals surface area contributed by atoms with E-state index in [0.717, 1.165) is 17.8 Å². The van der Waals surface area contributed by atoms with E-state index in [1.54, 1.807) is 29.5 Å². The van der Waals surface area contributed by atoms with Crippen molar-refractivity contribution < 1.29 is 9.50 Å². The minimum absolute atomic E-state index is 0.0908. The number of rotatable bonds is 8. The first-order chi connectivity index (χ1) is 12.1. The van der Waals surface area contributed by atoms with Crippen LogP contribution in [0.1, 0.15) is 35.4 Å². The fourth-order valence-corrected chi connectivity index (χ4v) is 3.14. The number of aliphatic hydroxyl groups is 1. The molecule has 0 radical (unpaired) electrons. The summed E-state index contributed by atoms with van der Waals surface area (Å²) in [7, 11) is 0. The van der Waals surface area contributed by atoms with Gasteiger partial charge in [-0.25, -0.2) is 9.37 Å². The molecule has 5 nitrogen and oxygen atoms in total. The van der Waals surface area contributed by atoms with E-state index in [4.69, 9.17) is 0 Å². The summed E-state index contributed by atoms with van der Waals surface area (Å²) in [5.41, 5.74) is 0.261. The van der Waals surface area contributed by atoms with E-state index < -0.39 is 11.9 Å². The van der Waals surface area contributed by atoms with Gasteiger partial charge >= 0.3 is 0 Å². The van der Waals surface area contributed by atoms with Gasteiger partial charge in [0.05, 0.1) is 11.6 Å². The molecule has 136 valence electrons. The fraction of sp³-hybridized carbons (Fsp3) is 0.444. The van der Waals surface area contributed by atoms with Crippen LogP contribution in [-0.4, -0.2) is 35.7 Å². The maximum Gasteiger partial charge on any atom is 0.191 e. The van der Waals surface area contributed by atoms with Gasteiger partial charge in [0, 0.05) is 36.1 Å². The summed E-state index contributed by atoms with van der Waals surface area (Å²) in [6, 6.07) is 6.21. The third kappa shape index (κ3) is 6.10. The maximum absolute atomic E-state index is 13.7. The Hall–Kier alpha value is -1.99. The van der Waals surface area contributed by atoms with Gasteiger partial charge in [-0.05, 0) is 19.4 Å². The molecule has 0 saturated carbocycles. The molecule has 1 aromatic heterocycles. The number of hydrogen-bond acceptors (Lipinski definition) is 4. The Morgan fingerprint density at radius 1 is 1.32 bits per heavy atom. The zero-order valence-corrected chi connectivity index (χ0v) is 15.4. The SMILES string of the molecule is CCNC(=NCC(O)c1ccccc1F)NCCc1ncc(CC)s1. The molecule has 0 bridgehead atoms. The normalized spacial score (nSPS) is 12.9. The molecule has 0 fully saturated rings. The molecule has 1 aromatic carbocycles. The second kappa shape index (κ2) is 10.1.